The molecule has 3 aromatic carbocycles. The minimum Gasteiger partial charge on any atom is -0.494 e. The van der Waals surface area contributed by atoms with Gasteiger partial charge < -0.3 is 14.2 Å². The number of aryl methyl sites for hydroxylation is 1. The van der Waals surface area contributed by atoms with E-state index in [4.69, 9.17) is 14.2 Å². The first-order valence-electron chi connectivity index (χ1n) is 12.3. The lowest BCUT2D eigenvalue weighted by Crippen LogP contribution is -2.09. The molecule has 0 heterocycles. The maximum atomic E-state index is 11.9. The molecule has 0 aliphatic carbocycles. The van der Waals surface area contributed by atoms with Gasteiger partial charge in [0.2, 0.25) is 0 Å². The second kappa shape index (κ2) is 14.8. The predicted molar refractivity (Wildman–Crippen MR) is 136 cm³/mol. The molecule has 0 aliphatic rings. The molecule has 0 aliphatic heterocycles. The fourth-order valence-corrected chi connectivity index (χ4v) is 3.58. The van der Waals surface area contributed by atoms with Crippen molar-refractivity contribution in [3.63, 3.8) is 0 Å². The maximum absolute atomic E-state index is 11.9. The highest BCUT2D eigenvalue weighted by Crippen LogP contribution is 2.19. The highest BCUT2D eigenvalue weighted by molar-refractivity contribution is 5.72. The van der Waals surface area contributed by atoms with Gasteiger partial charge in [-0.2, -0.15) is 0 Å². The molecule has 0 fully saturated rings. The van der Waals surface area contributed by atoms with Gasteiger partial charge in [0.05, 0.1) is 19.6 Å². The van der Waals surface area contributed by atoms with E-state index in [0.29, 0.717) is 19.6 Å². The number of hydrogen-bond donors (Lipinski definition) is 0. The van der Waals surface area contributed by atoms with Crippen molar-refractivity contribution >= 4 is 5.97 Å². The average molecular weight is 461 g/mol. The second-order valence-corrected chi connectivity index (χ2v) is 8.60. The first-order valence-corrected chi connectivity index (χ1v) is 12.3. The van der Waals surface area contributed by atoms with Crippen LogP contribution < -0.4 is 9.47 Å². The summed E-state index contributed by atoms with van der Waals surface area (Å²) in [4.78, 5) is 11.9. The quantitative estimate of drug-likeness (QED) is 0.180. The number of unbranched alkanes of at least 4 members (excludes halogenated alkanes) is 5. The zero-order valence-electron chi connectivity index (χ0n) is 20.2. The van der Waals surface area contributed by atoms with Crippen LogP contribution in [0.25, 0.3) is 0 Å². The molecule has 34 heavy (non-hydrogen) atoms. The van der Waals surface area contributed by atoms with Crippen molar-refractivity contribution in [1.82, 2.24) is 0 Å². The van der Waals surface area contributed by atoms with Gasteiger partial charge in [-0.05, 0) is 55.2 Å². The van der Waals surface area contributed by atoms with Gasteiger partial charge in [-0.25, -0.2) is 0 Å². The molecule has 3 aromatic rings. The van der Waals surface area contributed by atoms with Crippen LogP contribution in [0.3, 0.4) is 0 Å². The Morgan fingerprint density at radius 2 is 1.21 bits per heavy atom. The third-order valence-electron chi connectivity index (χ3n) is 5.61. The molecule has 180 valence electrons. The van der Waals surface area contributed by atoms with Gasteiger partial charge >= 0.3 is 5.97 Å². The Morgan fingerprint density at radius 3 is 1.88 bits per heavy atom. The van der Waals surface area contributed by atoms with Crippen LogP contribution in [-0.2, 0) is 22.6 Å². The lowest BCUT2D eigenvalue weighted by Gasteiger charge is -2.09. The largest absolute Gasteiger partial charge is 0.494 e. The monoisotopic (exact) mass is 460 g/mol. The van der Waals surface area contributed by atoms with Crippen LogP contribution >= 0.6 is 0 Å². The van der Waals surface area contributed by atoms with Crippen molar-refractivity contribution in [3.05, 3.63) is 95.6 Å². The molecule has 0 atom stereocenters. The summed E-state index contributed by atoms with van der Waals surface area (Å²) in [5.41, 5.74) is 3.36. The van der Waals surface area contributed by atoms with E-state index >= 15 is 0 Å². The van der Waals surface area contributed by atoms with E-state index in [2.05, 4.69) is 12.1 Å². The number of ether oxygens (including phenoxy) is 3. The van der Waals surface area contributed by atoms with Crippen LogP contribution in [0.1, 0.15) is 55.2 Å². The van der Waals surface area contributed by atoms with Gasteiger partial charge in [0.1, 0.15) is 18.1 Å². The van der Waals surface area contributed by atoms with Crippen molar-refractivity contribution in [3.8, 4) is 11.5 Å². The van der Waals surface area contributed by atoms with Crippen molar-refractivity contribution in [2.45, 2.75) is 58.5 Å². The highest BCUT2D eigenvalue weighted by Gasteiger charge is 2.04. The zero-order valence-corrected chi connectivity index (χ0v) is 20.2. The molecule has 0 unspecified atom stereocenters. The smallest absolute Gasteiger partial charge is 0.310 e. The third-order valence-corrected chi connectivity index (χ3v) is 5.61. The van der Waals surface area contributed by atoms with Crippen LogP contribution in [0.4, 0.5) is 0 Å². The number of rotatable bonds is 15. The fourth-order valence-electron chi connectivity index (χ4n) is 3.58. The van der Waals surface area contributed by atoms with Crippen molar-refractivity contribution < 1.29 is 19.0 Å². The summed E-state index contributed by atoms with van der Waals surface area (Å²) in [5, 5.41) is 0. The third kappa shape index (κ3) is 10.1. The lowest BCUT2D eigenvalue weighted by molar-refractivity contribution is -0.142. The van der Waals surface area contributed by atoms with E-state index in [9.17, 15) is 4.79 Å². The summed E-state index contributed by atoms with van der Waals surface area (Å²) in [5.74, 6) is 1.58. The molecule has 0 spiro atoms. The molecule has 0 saturated heterocycles. The summed E-state index contributed by atoms with van der Waals surface area (Å²) in [7, 11) is 0. The van der Waals surface area contributed by atoms with Gasteiger partial charge in [0.15, 0.2) is 0 Å². The molecule has 3 rings (SSSR count). The van der Waals surface area contributed by atoms with E-state index in [1.54, 1.807) is 0 Å². The number of carbonyl (C=O) groups is 1. The van der Waals surface area contributed by atoms with Crippen LogP contribution in [0.5, 0.6) is 11.5 Å². The molecule has 4 nitrogen and oxygen atoms in total. The Balaban J connectivity index is 1.15. The first kappa shape index (κ1) is 25.4. The highest BCUT2D eigenvalue weighted by atomic mass is 16.5. The molecular weight excluding hydrogens is 424 g/mol. The predicted octanol–water partition coefficient (Wildman–Crippen LogP) is 7.08. The lowest BCUT2D eigenvalue weighted by atomic mass is 10.1. The van der Waals surface area contributed by atoms with E-state index in [1.165, 1.54) is 12.0 Å². The minimum absolute atomic E-state index is 0.142. The van der Waals surface area contributed by atoms with Gasteiger partial charge in [0, 0.05) is 0 Å². The SMILES string of the molecule is Cc1ccc(CC(=O)OCCCCCCCCOc2ccc(OCc3ccccc3)cc2)cc1. The van der Waals surface area contributed by atoms with Crippen molar-refractivity contribution in [2.24, 2.45) is 0 Å². The van der Waals surface area contributed by atoms with Gasteiger partial charge in [-0.3, -0.25) is 4.79 Å². The summed E-state index contributed by atoms with van der Waals surface area (Å²) in [6.07, 6.45) is 6.88. The van der Waals surface area contributed by atoms with Crippen LogP contribution in [0.15, 0.2) is 78.9 Å². The summed E-state index contributed by atoms with van der Waals surface area (Å²) >= 11 is 0. The average Bonchev–Trinajstić information content (AvgIpc) is 2.86. The molecule has 0 bridgehead atoms. The Hall–Kier alpha value is -3.27. The van der Waals surface area contributed by atoms with E-state index in [0.717, 1.165) is 61.3 Å². The number of hydrogen-bond acceptors (Lipinski definition) is 4. The summed E-state index contributed by atoms with van der Waals surface area (Å²) in [6, 6.07) is 26.0. The zero-order chi connectivity index (χ0) is 23.8. The topological polar surface area (TPSA) is 44.8 Å². The number of esters is 1. The molecule has 0 N–H and O–H groups in total. The second-order valence-electron chi connectivity index (χ2n) is 8.60. The van der Waals surface area contributed by atoms with Crippen molar-refractivity contribution in [2.75, 3.05) is 13.2 Å². The number of benzene rings is 3. The van der Waals surface area contributed by atoms with Crippen LogP contribution in [-0.4, -0.2) is 19.2 Å². The molecule has 4 heteroatoms. The van der Waals surface area contributed by atoms with Crippen molar-refractivity contribution in [1.29, 1.82) is 0 Å². The fraction of sp³-hybridized carbons (Fsp3) is 0.367. The Labute approximate surface area is 203 Å². The van der Waals surface area contributed by atoms with E-state index in [-0.39, 0.29) is 5.97 Å². The molecule has 0 saturated carbocycles. The Kier molecular flexibility index (Phi) is 11.0. The first-order chi connectivity index (χ1) is 16.7. The van der Waals surface area contributed by atoms with Gasteiger partial charge in [0.25, 0.3) is 0 Å². The number of carbonyl (C=O) groups excluding carboxylic acids is 1. The van der Waals surface area contributed by atoms with Gasteiger partial charge in [-0.15, -0.1) is 0 Å². The Morgan fingerprint density at radius 1 is 0.618 bits per heavy atom. The standard InChI is InChI=1S/C30H36O4/c1-25-13-15-26(16-14-25)23-30(31)33-22-10-5-3-2-4-9-21-32-28-17-19-29(20-18-28)34-24-27-11-7-6-8-12-27/h6-8,11-20H,2-5,9-10,21-24H2,1H3. The van der Waals surface area contributed by atoms with Crippen LogP contribution in [0.2, 0.25) is 0 Å². The molecule has 0 amide bonds. The maximum Gasteiger partial charge on any atom is 0.310 e. The van der Waals surface area contributed by atoms with Gasteiger partial charge in [-0.1, -0.05) is 85.8 Å². The Bertz CT molecular complexity index is 949. The molecule has 0 aromatic heterocycles. The summed E-state index contributed by atoms with van der Waals surface area (Å²) < 4.78 is 17.0. The molecule has 0 radical (unpaired) electrons. The minimum atomic E-state index is -0.142. The van der Waals surface area contributed by atoms with E-state index < -0.39 is 0 Å². The summed E-state index contributed by atoms with van der Waals surface area (Å²) in [6.45, 7) is 3.84. The van der Waals surface area contributed by atoms with Crippen LogP contribution in [0, 0.1) is 6.92 Å². The van der Waals surface area contributed by atoms with E-state index in [1.807, 2.05) is 73.7 Å². The normalized spacial score (nSPS) is 10.6. The molecular formula is C30H36O4.